The van der Waals surface area contributed by atoms with E-state index in [9.17, 15) is 4.79 Å². The van der Waals surface area contributed by atoms with Gasteiger partial charge in [0.05, 0.1) is 5.69 Å². The fraction of sp³-hybridized carbons (Fsp3) is 0.125. The van der Waals surface area contributed by atoms with Crippen molar-refractivity contribution in [2.24, 2.45) is 4.99 Å². The molecule has 0 bridgehead atoms. The van der Waals surface area contributed by atoms with Gasteiger partial charge in [-0.05, 0) is 17.7 Å². The molecule has 0 aliphatic heterocycles. The molecule has 0 saturated heterocycles. The number of hydrogen-bond acceptors (Lipinski definition) is 2. The fourth-order valence-corrected chi connectivity index (χ4v) is 1.31. The van der Waals surface area contributed by atoms with E-state index in [2.05, 4.69) is 4.99 Å². The highest BCUT2D eigenvalue weighted by Gasteiger charge is 1.99. The Bertz CT molecular complexity index is 332. The van der Waals surface area contributed by atoms with Gasteiger partial charge in [-0.1, -0.05) is 17.7 Å². The van der Waals surface area contributed by atoms with Crippen LogP contribution in [0.15, 0.2) is 23.2 Å². The summed E-state index contributed by atoms with van der Waals surface area (Å²) in [4.78, 5) is 13.3. The molecule has 0 aromatic heterocycles. The Kier molecular flexibility index (Phi) is 3.30. The molecule has 0 heterocycles. The summed E-state index contributed by atoms with van der Waals surface area (Å²) >= 11 is 11.4. The van der Waals surface area contributed by atoms with Crippen molar-refractivity contribution < 1.29 is 4.79 Å². The van der Waals surface area contributed by atoms with Crippen molar-refractivity contribution in [2.45, 2.75) is 5.88 Å². The van der Waals surface area contributed by atoms with Gasteiger partial charge in [0.25, 0.3) is 0 Å². The minimum atomic E-state index is 0.351. The molecule has 0 N–H and O–H groups in total. The maximum Gasteiger partial charge on any atom is 0.240 e. The normalized spacial score (nSPS) is 9.17. The van der Waals surface area contributed by atoms with Gasteiger partial charge >= 0.3 is 0 Å². The van der Waals surface area contributed by atoms with Crippen LogP contribution in [0.1, 0.15) is 5.56 Å². The molecule has 62 valence electrons. The molecule has 4 heteroatoms. The highest BCUT2D eigenvalue weighted by atomic mass is 35.5. The number of alkyl halides is 1. The van der Waals surface area contributed by atoms with Crippen LogP contribution in [0.3, 0.4) is 0 Å². The van der Waals surface area contributed by atoms with E-state index >= 15 is 0 Å². The highest BCUT2D eigenvalue weighted by Crippen LogP contribution is 2.23. The third-order valence-corrected chi connectivity index (χ3v) is 2.00. The van der Waals surface area contributed by atoms with Gasteiger partial charge in [-0.2, -0.15) is 4.99 Å². The lowest BCUT2D eigenvalue weighted by Crippen LogP contribution is -1.78. The smallest absolute Gasteiger partial charge is 0.211 e. The number of hydrogen-bond donors (Lipinski definition) is 0. The average Bonchev–Trinajstić information content (AvgIpc) is 2.05. The lowest BCUT2D eigenvalue weighted by molar-refractivity contribution is 0.565. The number of carbonyl (C=O) groups excluding carboxylic acids is 1. The third-order valence-electron chi connectivity index (χ3n) is 1.36. The number of rotatable bonds is 2. The third kappa shape index (κ3) is 2.08. The Morgan fingerprint density at radius 2 is 2.25 bits per heavy atom. The second-order valence-corrected chi connectivity index (χ2v) is 2.79. The van der Waals surface area contributed by atoms with Gasteiger partial charge in [0, 0.05) is 10.9 Å². The standard InChI is InChI=1S/C8H5Cl2NO/c9-4-6-1-2-7(11-5-12)3-8(6)10/h1-3H,4H2. The lowest BCUT2D eigenvalue weighted by atomic mass is 10.2. The molecule has 12 heavy (non-hydrogen) atoms. The van der Waals surface area contributed by atoms with Gasteiger partial charge in [-0.3, -0.25) is 0 Å². The van der Waals surface area contributed by atoms with Gasteiger partial charge < -0.3 is 0 Å². The van der Waals surface area contributed by atoms with Gasteiger partial charge in [0.2, 0.25) is 6.08 Å². The van der Waals surface area contributed by atoms with Crippen LogP contribution >= 0.6 is 23.2 Å². The minimum absolute atomic E-state index is 0.351. The Morgan fingerprint density at radius 3 is 2.75 bits per heavy atom. The first-order valence-electron chi connectivity index (χ1n) is 3.20. The summed E-state index contributed by atoms with van der Waals surface area (Å²) in [6, 6.07) is 4.96. The zero-order valence-electron chi connectivity index (χ0n) is 6.05. The number of benzene rings is 1. The second kappa shape index (κ2) is 4.27. The van der Waals surface area contributed by atoms with Crippen LogP contribution in [0, 0.1) is 0 Å². The summed E-state index contributed by atoms with van der Waals surface area (Å²) in [5.74, 6) is 0.351. The summed E-state index contributed by atoms with van der Waals surface area (Å²) in [7, 11) is 0. The highest BCUT2D eigenvalue weighted by molar-refractivity contribution is 6.32. The Hall–Kier alpha value is -0.820. The van der Waals surface area contributed by atoms with Crippen LogP contribution < -0.4 is 0 Å². The summed E-state index contributed by atoms with van der Waals surface area (Å²) in [5.41, 5.74) is 1.31. The van der Waals surface area contributed by atoms with Gasteiger partial charge in [-0.15, -0.1) is 11.6 Å². The largest absolute Gasteiger partial charge is 0.240 e. The van der Waals surface area contributed by atoms with E-state index in [0.717, 1.165) is 5.56 Å². The zero-order valence-corrected chi connectivity index (χ0v) is 7.56. The maximum atomic E-state index is 9.88. The molecule has 0 amide bonds. The molecular formula is C8H5Cl2NO. The van der Waals surface area contributed by atoms with Crippen LogP contribution in [-0.4, -0.2) is 6.08 Å². The molecule has 0 unspecified atom stereocenters. The van der Waals surface area contributed by atoms with Crippen molar-refractivity contribution >= 4 is 35.0 Å². The molecule has 0 atom stereocenters. The molecule has 1 aromatic carbocycles. The molecule has 0 aliphatic carbocycles. The summed E-state index contributed by atoms with van der Waals surface area (Å²) in [5, 5.41) is 0.515. The zero-order chi connectivity index (χ0) is 8.97. The first kappa shape index (κ1) is 9.27. The first-order valence-corrected chi connectivity index (χ1v) is 4.11. The number of aliphatic imine (C=N–C) groups is 1. The Balaban J connectivity index is 3.09. The SMILES string of the molecule is O=C=Nc1ccc(CCl)c(Cl)c1. The van der Waals surface area contributed by atoms with Crippen molar-refractivity contribution in [3.05, 3.63) is 28.8 Å². The van der Waals surface area contributed by atoms with E-state index in [4.69, 9.17) is 23.2 Å². The Labute approximate surface area is 79.8 Å². The monoisotopic (exact) mass is 201 g/mol. The molecule has 1 rings (SSSR count). The number of isocyanates is 1. The van der Waals surface area contributed by atoms with Crippen LogP contribution in [0.4, 0.5) is 5.69 Å². The predicted octanol–water partition coefficient (Wildman–Crippen LogP) is 3.05. The summed E-state index contributed by atoms with van der Waals surface area (Å²) in [6.07, 6.45) is 1.43. The van der Waals surface area contributed by atoms with E-state index in [1.165, 1.54) is 6.08 Å². The van der Waals surface area contributed by atoms with Crippen molar-refractivity contribution in [3.63, 3.8) is 0 Å². The van der Waals surface area contributed by atoms with Crippen molar-refractivity contribution in [1.29, 1.82) is 0 Å². The molecule has 0 spiro atoms. The van der Waals surface area contributed by atoms with Gasteiger partial charge in [0.1, 0.15) is 0 Å². The van der Waals surface area contributed by atoms with E-state index in [1.807, 2.05) is 0 Å². The van der Waals surface area contributed by atoms with Crippen molar-refractivity contribution in [3.8, 4) is 0 Å². The molecule has 0 radical (unpaired) electrons. The van der Waals surface area contributed by atoms with Crippen LogP contribution in [0.2, 0.25) is 5.02 Å². The van der Waals surface area contributed by atoms with Gasteiger partial charge in [0.15, 0.2) is 0 Å². The topological polar surface area (TPSA) is 29.4 Å². The predicted molar refractivity (Wildman–Crippen MR) is 48.8 cm³/mol. The molecule has 0 aliphatic rings. The maximum absolute atomic E-state index is 9.88. The molecular weight excluding hydrogens is 197 g/mol. The van der Waals surface area contributed by atoms with Crippen LogP contribution in [0.5, 0.6) is 0 Å². The van der Waals surface area contributed by atoms with Crippen LogP contribution in [0.25, 0.3) is 0 Å². The molecule has 0 saturated carbocycles. The van der Waals surface area contributed by atoms with Gasteiger partial charge in [-0.25, -0.2) is 4.79 Å². The molecule has 0 fully saturated rings. The molecule has 2 nitrogen and oxygen atoms in total. The van der Waals surface area contributed by atoms with Crippen LogP contribution in [-0.2, 0) is 10.7 Å². The van der Waals surface area contributed by atoms with E-state index in [1.54, 1.807) is 18.2 Å². The van der Waals surface area contributed by atoms with E-state index < -0.39 is 0 Å². The first-order chi connectivity index (χ1) is 5.77. The van der Waals surface area contributed by atoms with E-state index in [-0.39, 0.29) is 0 Å². The fourth-order valence-electron chi connectivity index (χ4n) is 0.767. The quantitative estimate of drug-likeness (QED) is 0.411. The minimum Gasteiger partial charge on any atom is -0.211 e. The number of nitrogens with zero attached hydrogens (tertiary/aromatic N) is 1. The summed E-state index contributed by atoms with van der Waals surface area (Å²) < 4.78 is 0. The lowest BCUT2D eigenvalue weighted by Gasteiger charge is -1.98. The summed E-state index contributed by atoms with van der Waals surface area (Å²) in [6.45, 7) is 0. The molecule has 1 aromatic rings. The average molecular weight is 202 g/mol. The van der Waals surface area contributed by atoms with E-state index in [0.29, 0.717) is 16.6 Å². The van der Waals surface area contributed by atoms with Crippen molar-refractivity contribution in [1.82, 2.24) is 0 Å². The van der Waals surface area contributed by atoms with Crippen molar-refractivity contribution in [2.75, 3.05) is 0 Å². The Morgan fingerprint density at radius 1 is 1.50 bits per heavy atom. The second-order valence-electron chi connectivity index (χ2n) is 2.11. The number of halogens is 2.